The first-order chi connectivity index (χ1) is 8.67. The van der Waals surface area contributed by atoms with Crippen LogP contribution in [0.5, 0.6) is 0 Å². The minimum absolute atomic E-state index is 0.422. The summed E-state index contributed by atoms with van der Waals surface area (Å²) in [4.78, 5) is 4.54. The Hall–Kier alpha value is -1.39. The first kappa shape index (κ1) is 13.1. The zero-order valence-electron chi connectivity index (χ0n) is 11.3. The SMILES string of the molecule is CCn1c(C)nc2cc(C(O)CCNC)ccc21. The summed E-state index contributed by atoms with van der Waals surface area (Å²) in [7, 11) is 1.89. The Morgan fingerprint density at radius 3 is 2.89 bits per heavy atom. The van der Waals surface area contributed by atoms with E-state index in [0.717, 1.165) is 41.9 Å². The zero-order chi connectivity index (χ0) is 13.1. The third-order valence-corrected chi connectivity index (χ3v) is 3.33. The van der Waals surface area contributed by atoms with Crippen LogP contribution in [0.1, 0.15) is 30.8 Å². The number of aromatic nitrogens is 2. The number of aliphatic hydroxyl groups excluding tert-OH is 1. The minimum atomic E-state index is -0.422. The summed E-state index contributed by atoms with van der Waals surface area (Å²) >= 11 is 0. The van der Waals surface area contributed by atoms with E-state index in [1.165, 1.54) is 0 Å². The molecule has 1 aromatic carbocycles. The van der Waals surface area contributed by atoms with E-state index in [-0.39, 0.29) is 0 Å². The standard InChI is InChI=1S/C14H21N3O/c1-4-17-10(2)16-12-9-11(5-6-13(12)17)14(18)7-8-15-3/h5-6,9,14-15,18H,4,7-8H2,1-3H3. The fourth-order valence-corrected chi connectivity index (χ4v) is 2.32. The van der Waals surface area contributed by atoms with E-state index in [0.29, 0.717) is 0 Å². The Morgan fingerprint density at radius 2 is 2.22 bits per heavy atom. The van der Waals surface area contributed by atoms with Gasteiger partial charge in [0.1, 0.15) is 5.82 Å². The lowest BCUT2D eigenvalue weighted by Crippen LogP contribution is -2.11. The Morgan fingerprint density at radius 1 is 1.44 bits per heavy atom. The molecule has 1 atom stereocenters. The highest BCUT2D eigenvalue weighted by Gasteiger charge is 2.11. The first-order valence-corrected chi connectivity index (χ1v) is 6.46. The van der Waals surface area contributed by atoms with Crippen molar-refractivity contribution in [1.29, 1.82) is 0 Å². The summed E-state index contributed by atoms with van der Waals surface area (Å²) in [6.07, 6.45) is 0.295. The van der Waals surface area contributed by atoms with Crippen LogP contribution < -0.4 is 5.32 Å². The molecule has 0 fully saturated rings. The van der Waals surface area contributed by atoms with Crippen molar-refractivity contribution in [3.63, 3.8) is 0 Å². The summed E-state index contributed by atoms with van der Waals surface area (Å²) in [5.41, 5.74) is 3.05. The number of hydrogen-bond acceptors (Lipinski definition) is 3. The number of hydrogen-bond donors (Lipinski definition) is 2. The summed E-state index contributed by atoms with van der Waals surface area (Å²) in [6, 6.07) is 6.04. The lowest BCUT2D eigenvalue weighted by atomic mass is 10.1. The molecule has 2 aromatic rings. The van der Waals surface area contributed by atoms with E-state index >= 15 is 0 Å². The Balaban J connectivity index is 2.33. The summed E-state index contributed by atoms with van der Waals surface area (Å²) in [5.74, 6) is 1.02. The number of imidazole rings is 1. The van der Waals surface area contributed by atoms with Crippen molar-refractivity contribution in [3.8, 4) is 0 Å². The maximum Gasteiger partial charge on any atom is 0.106 e. The van der Waals surface area contributed by atoms with Gasteiger partial charge in [0.2, 0.25) is 0 Å². The fraction of sp³-hybridized carbons (Fsp3) is 0.500. The van der Waals surface area contributed by atoms with Crippen LogP contribution in [0, 0.1) is 6.92 Å². The number of nitrogens with one attached hydrogen (secondary N) is 1. The van der Waals surface area contributed by atoms with Gasteiger partial charge >= 0.3 is 0 Å². The van der Waals surface area contributed by atoms with E-state index in [9.17, 15) is 5.11 Å². The second-order valence-corrected chi connectivity index (χ2v) is 4.56. The molecule has 0 aliphatic carbocycles. The molecular formula is C14H21N3O. The molecule has 0 amide bonds. The van der Waals surface area contributed by atoms with Gasteiger partial charge in [0.05, 0.1) is 17.1 Å². The van der Waals surface area contributed by atoms with Gasteiger partial charge in [0, 0.05) is 6.54 Å². The predicted octanol–water partition coefficient (Wildman–Crippen LogP) is 2.01. The average Bonchev–Trinajstić information content (AvgIpc) is 2.69. The van der Waals surface area contributed by atoms with Crippen LogP contribution in [-0.2, 0) is 6.54 Å². The van der Waals surface area contributed by atoms with Gasteiger partial charge in [-0.05, 0) is 51.6 Å². The van der Waals surface area contributed by atoms with Gasteiger partial charge in [-0.2, -0.15) is 0 Å². The van der Waals surface area contributed by atoms with Crippen LogP contribution in [0.25, 0.3) is 11.0 Å². The number of nitrogens with zero attached hydrogens (tertiary/aromatic N) is 2. The Kier molecular flexibility index (Phi) is 3.99. The molecule has 18 heavy (non-hydrogen) atoms. The highest BCUT2D eigenvalue weighted by molar-refractivity contribution is 5.77. The van der Waals surface area contributed by atoms with Crippen LogP contribution in [0.4, 0.5) is 0 Å². The Bertz CT molecular complexity index is 533. The predicted molar refractivity (Wildman–Crippen MR) is 73.6 cm³/mol. The monoisotopic (exact) mass is 247 g/mol. The average molecular weight is 247 g/mol. The van der Waals surface area contributed by atoms with E-state index < -0.39 is 6.10 Å². The van der Waals surface area contributed by atoms with Crippen LogP contribution in [0.15, 0.2) is 18.2 Å². The first-order valence-electron chi connectivity index (χ1n) is 6.46. The molecule has 1 aromatic heterocycles. The lowest BCUT2D eigenvalue weighted by molar-refractivity contribution is 0.168. The molecular weight excluding hydrogens is 226 g/mol. The summed E-state index contributed by atoms with van der Waals surface area (Å²) in [5, 5.41) is 13.1. The molecule has 2 rings (SSSR count). The van der Waals surface area contributed by atoms with Gasteiger partial charge in [-0.3, -0.25) is 0 Å². The van der Waals surface area contributed by atoms with Crippen molar-refractivity contribution in [2.24, 2.45) is 0 Å². The van der Waals surface area contributed by atoms with Crippen LogP contribution in [-0.4, -0.2) is 28.3 Å². The smallest absolute Gasteiger partial charge is 0.106 e. The largest absolute Gasteiger partial charge is 0.388 e. The van der Waals surface area contributed by atoms with Gasteiger partial charge in [-0.1, -0.05) is 6.07 Å². The van der Waals surface area contributed by atoms with Crippen molar-refractivity contribution >= 4 is 11.0 Å². The number of aryl methyl sites for hydroxylation is 2. The Labute approximate surface area is 108 Å². The van der Waals surface area contributed by atoms with E-state index in [2.05, 4.69) is 27.9 Å². The molecule has 0 aliphatic heterocycles. The van der Waals surface area contributed by atoms with E-state index in [1.807, 2.05) is 26.1 Å². The van der Waals surface area contributed by atoms with Gasteiger partial charge in [0.25, 0.3) is 0 Å². The zero-order valence-corrected chi connectivity index (χ0v) is 11.3. The molecule has 0 bridgehead atoms. The molecule has 2 N–H and O–H groups in total. The number of rotatable bonds is 5. The normalized spacial score (nSPS) is 13.1. The number of benzene rings is 1. The van der Waals surface area contributed by atoms with Gasteiger partial charge < -0.3 is 15.0 Å². The molecule has 1 heterocycles. The summed E-state index contributed by atoms with van der Waals surface area (Å²) < 4.78 is 2.18. The third-order valence-electron chi connectivity index (χ3n) is 3.33. The fourth-order valence-electron chi connectivity index (χ4n) is 2.32. The minimum Gasteiger partial charge on any atom is -0.388 e. The maximum atomic E-state index is 10.1. The molecule has 4 nitrogen and oxygen atoms in total. The van der Waals surface area contributed by atoms with E-state index in [4.69, 9.17) is 0 Å². The molecule has 0 saturated heterocycles. The molecule has 1 unspecified atom stereocenters. The number of aliphatic hydroxyl groups is 1. The van der Waals surface area contributed by atoms with Crippen LogP contribution in [0.2, 0.25) is 0 Å². The van der Waals surface area contributed by atoms with Gasteiger partial charge in [-0.15, -0.1) is 0 Å². The molecule has 4 heteroatoms. The third kappa shape index (κ3) is 2.40. The van der Waals surface area contributed by atoms with Crippen molar-refractivity contribution in [2.45, 2.75) is 32.9 Å². The highest BCUT2D eigenvalue weighted by Crippen LogP contribution is 2.22. The maximum absolute atomic E-state index is 10.1. The van der Waals surface area contributed by atoms with Crippen molar-refractivity contribution < 1.29 is 5.11 Å². The van der Waals surface area contributed by atoms with Gasteiger partial charge in [0.15, 0.2) is 0 Å². The van der Waals surface area contributed by atoms with Crippen LogP contribution >= 0.6 is 0 Å². The molecule has 0 radical (unpaired) electrons. The number of fused-ring (bicyclic) bond motifs is 1. The molecule has 98 valence electrons. The van der Waals surface area contributed by atoms with E-state index in [1.54, 1.807) is 0 Å². The second kappa shape index (κ2) is 5.50. The van der Waals surface area contributed by atoms with Crippen molar-refractivity contribution in [1.82, 2.24) is 14.9 Å². The molecule has 0 aliphatic rings. The molecule has 0 spiro atoms. The molecule has 0 saturated carbocycles. The topological polar surface area (TPSA) is 50.1 Å². The van der Waals surface area contributed by atoms with Crippen LogP contribution in [0.3, 0.4) is 0 Å². The highest BCUT2D eigenvalue weighted by atomic mass is 16.3. The van der Waals surface area contributed by atoms with Gasteiger partial charge in [-0.25, -0.2) is 4.98 Å². The second-order valence-electron chi connectivity index (χ2n) is 4.56. The summed E-state index contributed by atoms with van der Waals surface area (Å²) in [6.45, 7) is 5.86. The lowest BCUT2D eigenvalue weighted by Gasteiger charge is -2.10. The van der Waals surface area contributed by atoms with Crippen molar-refractivity contribution in [3.05, 3.63) is 29.6 Å². The van der Waals surface area contributed by atoms with Crippen molar-refractivity contribution in [2.75, 3.05) is 13.6 Å². The quantitative estimate of drug-likeness (QED) is 0.849.